The van der Waals surface area contributed by atoms with E-state index >= 15 is 0 Å². The molecule has 0 aliphatic carbocycles. The van der Waals surface area contributed by atoms with E-state index in [0.29, 0.717) is 29.5 Å². The van der Waals surface area contributed by atoms with Crippen molar-refractivity contribution in [1.82, 2.24) is 0 Å². The van der Waals surface area contributed by atoms with Crippen molar-refractivity contribution < 1.29 is 14.3 Å². The summed E-state index contributed by atoms with van der Waals surface area (Å²) in [6.45, 7) is 2.66. The number of carbonyl (C=O) groups excluding carboxylic acids is 1. The third-order valence-electron chi connectivity index (χ3n) is 2.07. The third-order valence-corrected chi connectivity index (χ3v) is 2.31. The molecule has 0 saturated carbocycles. The Hall–Kier alpha value is -1.06. The van der Waals surface area contributed by atoms with Gasteiger partial charge in [-0.1, -0.05) is 11.6 Å². The highest BCUT2D eigenvalue weighted by Gasteiger charge is 2.08. The largest absolute Gasteiger partial charge is 0.493 e. The van der Waals surface area contributed by atoms with Crippen LogP contribution in [0.4, 0.5) is 0 Å². The molecule has 0 atom stereocenters. The van der Waals surface area contributed by atoms with Gasteiger partial charge in [0.25, 0.3) is 0 Å². The zero-order valence-electron chi connectivity index (χ0n) is 9.46. The summed E-state index contributed by atoms with van der Waals surface area (Å²) in [6.07, 6.45) is 0.788. The van der Waals surface area contributed by atoms with Crippen LogP contribution in [0.2, 0.25) is 5.02 Å². The maximum atomic E-state index is 11.3. The highest BCUT2D eigenvalue weighted by Crippen LogP contribution is 2.23. The fourth-order valence-electron chi connectivity index (χ4n) is 1.29. The molecule has 3 nitrogen and oxygen atoms in total. The fraction of sp³-hybridized carbons (Fsp3) is 0.417. The molecule has 0 fully saturated rings. The van der Waals surface area contributed by atoms with Crippen LogP contribution in [0.15, 0.2) is 18.2 Å². The molecule has 0 radical (unpaired) electrons. The monoisotopic (exact) mass is 242 g/mol. The Bertz CT molecular complexity index is 363. The van der Waals surface area contributed by atoms with E-state index in [-0.39, 0.29) is 5.78 Å². The summed E-state index contributed by atoms with van der Waals surface area (Å²) >= 11 is 5.82. The van der Waals surface area contributed by atoms with E-state index in [1.807, 2.05) is 0 Å². The van der Waals surface area contributed by atoms with Crippen molar-refractivity contribution in [2.75, 3.05) is 20.3 Å². The summed E-state index contributed by atoms with van der Waals surface area (Å²) in [6, 6.07) is 5.04. The summed E-state index contributed by atoms with van der Waals surface area (Å²) in [4.78, 5) is 11.3. The van der Waals surface area contributed by atoms with Crippen LogP contribution in [-0.4, -0.2) is 26.1 Å². The van der Waals surface area contributed by atoms with E-state index in [2.05, 4.69) is 0 Å². The Morgan fingerprint density at radius 2 is 2.12 bits per heavy atom. The molecular formula is C12H15ClO3. The number of benzene rings is 1. The van der Waals surface area contributed by atoms with Gasteiger partial charge in [0.15, 0.2) is 5.78 Å². The van der Waals surface area contributed by atoms with Gasteiger partial charge in [0, 0.05) is 25.2 Å². The van der Waals surface area contributed by atoms with E-state index in [1.54, 1.807) is 25.3 Å². The van der Waals surface area contributed by atoms with Gasteiger partial charge >= 0.3 is 0 Å². The number of hydrogen-bond donors (Lipinski definition) is 0. The minimum absolute atomic E-state index is 0.0516. The van der Waals surface area contributed by atoms with Crippen LogP contribution in [-0.2, 0) is 4.74 Å². The van der Waals surface area contributed by atoms with Gasteiger partial charge in [0.1, 0.15) is 5.75 Å². The van der Waals surface area contributed by atoms with Gasteiger partial charge in [-0.15, -0.1) is 0 Å². The summed E-state index contributed by atoms with van der Waals surface area (Å²) in [5, 5.41) is 0.537. The quantitative estimate of drug-likeness (QED) is 0.568. The average Bonchev–Trinajstić information content (AvgIpc) is 2.26. The standard InChI is InChI=1S/C12H15ClO3/c1-9(14)11-8-10(13)4-5-12(11)16-7-3-6-15-2/h4-5,8H,3,6-7H2,1-2H3. The summed E-state index contributed by atoms with van der Waals surface area (Å²) in [7, 11) is 1.64. The van der Waals surface area contributed by atoms with Crippen molar-refractivity contribution in [1.29, 1.82) is 0 Å². The number of ether oxygens (including phenoxy) is 2. The molecule has 0 spiro atoms. The highest BCUT2D eigenvalue weighted by molar-refractivity contribution is 6.31. The molecular weight excluding hydrogens is 228 g/mol. The van der Waals surface area contributed by atoms with E-state index < -0.39 is 0 Å². The molecule has 4 heteroatoms. The smallest absolute Gasteiger partial charge is 0.163 e. The lowest BCUT2D eigenvalue weighted by Gasteiger charge is -2.09. The van der Waals surface area contributed by atoms with Gasteiger partial charge in [0.05, 0.1) is 12.2 Å². The molecule has 0 aliphatic heterocycles. The van der Waals surface area contributed by atoms with Crippen molar-refractivity contribution in [2.45, 2.75) is 13.3 Å². The molecule has 0 aromatic heterocycles. The van der Waals surface area contributed by atoms with Crippen LogP contribution in [0, 0.1) is 0 Å². The number of rotatable bonds is 6. The minimum atomic E-state index is -0.0516. The molecule has 0 bridgehead atoms. The fourth-order valence-corrected chi connectivity index (χ4v) is 1.46. The lowest BCUT2D eigenvalue weighted by molar-refractivity contribution is 0.101. The first-order chi connectivity index (χ1) is 7.65. The molecule has 1 aromatic carbocycles. The van der Waals surface area contributed by atoms with Gasteiger partial charge in [-0.2, -0.15) is 0 Å². The Morgan fingerprint density at radius 1 is 1.38 bits per heavy atom. The van der Waals surface area contributed by atoms with Crippen LogP contribution >= 0.6 is 11.6 Å². The van der Waals surface area contributed by atoms with Gasteiger partial charge < -0.3 is 9.47 Å². The molecule has 0 heterocycles. The molecule has 0 unspecified atom stereocenters. The number of carbonyl (C=O) groups is 1. The lowest BCUT2D eigenvalue weighted by Crippen LogP contribution is -2.05. The van der Waals surface area contributed by atoms with Crippen molar-refractivity contribution in [3.63, 3.8) is 0 Å². The maximum Gasteiger partial charge on any atom is 0.163 e. The number of ketones is 1. The predicted octanol–water partition coefficient (Wildman–Crippen LogP) is 2.96. The van der Waals surface area contributed by atoms with Gasteiger partial charge in [-0.25, -0.2) is 0 Å². The van der Waals surface area contributed by atoms with Gasteiger partial charge in [-0.05, 0) is 25.1 Å². The third kappa shape index (κ3) is 3.83. The Labute approximate surface area is 100 Å². The first-order valence-electron chi connectivity index (χ1n) is 5.07. The predicted molar refractivity (Wildman–Crippen MR) is 63.4 cm³/mol. The second-order valence-corrected chi connectivity index (χ2v) is 3.83. The molecule has 1 rings (SSSR count). The van der Waals surface area contributed by atoms with Crippen molar-refractivity contribution >= 4 is 17.4 Å². The highest BCUT2D eigenvalue weighted by atomic mass is 35.5. The average molecular weight is 243 g/mol. The minimum Gasteiger partial charge on any atom is -0.493 e. The molecule has 16 heavy (non-hydrogen) atoms. The maximum absolute atomic E-state index is 11.3. The van der Waals surface area contributed by atoms with E-state index in [0.717, 1.165) is 6.42 Å². The van der Waals surface area contributed by atoms with Crippen molar-refractivity contribution in [2.24, 2.45) is 0 Å². The summed E-state index contributed by atoms with van der Waals surface area (Å²) < 4.78 is 10.4. The Morgan fingerprint density at radius 3 is 2.75 bits per heavy atom. The molecule has 0 saturated heterocycles. The molecule has 1 aromatic rings. The number of hydrogen-bond acceptors (Lipinski definition) is 3. The van der Waals surface area contributed by atoms with Gasteiger partial charge in [-0.3, -0.25) is 4.79 Å². The number of Topliss-reactive ketones (excluding diaryl/α,β-unsaturated/α-hetero) is 1. The normalized spacial score (nSPS) is 10.2. The first-order valence-corrected chi connectivity index (χ1v) is 5.45. The SMILES string of the molecule is COCCCOc1ccc(Cl)cc1C(C)=O. The second kappa shape index (κ2) is 6.51. The zero-order chi connectivity index (χ0) is 12.0. The van der Waals surface area contributed by atoms with E-state index in [9.17, 15) is 4.79 Å². The van der Waals surface area contributed by atoms with Crippen LogP contribution in [0.25, 0.3) is 0 Å². The van der Waals surface area contributed by atoms with Crippen molar-refractivity contribution in [3.05, 3.63) is 28.8 Å². The number of halogens is 1. The summed E-state index contributed by atoms with van der Waals surface area (Å²) in [5.41, 5.74) is 0.518. The molecule has 0 aliphatic rings. The first kappa shape index (κ1) is 13.0. The summed E-state index contributed by atoms with van der Waals surface area (Å²) in [5.74, 6) is 0.525. The Kier molecular flexibility index (Phi) is 5.29. The molecule has 0 N–H and O–H groups in total. The Balaban J connectivity index is 2.67. The molecule has 0 amide bonds. The zero-order valence-corrected chi connectivity index (χ0v) is 10.2. The van der Waals surface area contributed by atoms with Gasteiger partial charge in [0.2, 0.25) is 0 Å². The molecule has 88 valence electrons. The lowest BCUT2D eigenvalue weighted by atomic mass is 10.1. The van der Waals surface area contributed by atoms with Crippen LogP contribution in [0.3, 0.4) is 0 Å². The van der Waals surface area contributed by atoms with E-state index in [4.69, 9.17) is 21.1 Å². The van der Waals surface area contributed by atoms with Crippen LogP contribution in [0.1, 0.15) is 23.7 Å². The van der Waals surface area contributed by atoms with Crippen molar-refractivity contribution in [3.8, 4) is 5.75 Å². The topological polar surface area (TPSA) is 35.5 Å². The van der Waals surface area contributed by atoms with Crippen LogP contribution in [0.5, 0.6) is 5.75 Å². The second-order valence-electron chi connectivity index (χ2n) is 3.39. The number of methoxy groups -OCH3 is 1. The van der Waals surface area contributed by atoms with E-state index in [1.165, 1.54) is 6.92 Å². The van der Waals surface area contributed by atoms with Crippen LogP contribution < -0.4 is 4.74 Å².